The maximum Gasteiger partial charge on any atom is 0.272 e. The van der Waals surface area contributed by atoms with E-state index in [1.165, 1.54) is 12.4 Å². The topological polar surface area (TPSA) is 81.2 Å². The Morgan fingerprint density at radius 1 is 1.42 bits per heavy atom. The van der Waals surface area contributed by atoms with E-state index in [-0.39, 0.29) is 15.9 Å². The van der Waals surface area contributed by atoms with Crippen molar-refractivity contribution in [2.45, 2.75) is 18.1 Å². The van der Waals surface area contributed by atoms with E-state index < -0.39 is 10.0 Å². The third kappa shape index (κ3) is 3.42. The van der Waals surface area contributed by atoms with Gasteiger partial charge < -0.3 is 4.74 Å². The summed E-state index contributed by atoms with van der Waals surface area (Å²) in [6.07, 6.45) is 2.76. The van der Waals surface area contributed by atoms with E-state index in [1.54, 1.807) is 11.4 Å². The minimum Gasteiger partial charge on any atom is -0.477 e. The molecule has 102 valence electrons. The SMILES string of the molecule is CCOc1cncc(NS(=O)(=O)c2cc(C)cs2)n1. The standard InChI is InChI=1S/C11H13N3O3S2/c1-3-17-10-6-12-5-9(13-10)14-19(15,16)11-4-8(2)7-18-11/h4-7H,3H2,1-2H3,(H,13,14). The van der Waals surface area contributed by atoms with Gasteiger partial charge in [0.2, 0.25) is 5.88 Å². The minimum atomic E-state index is -3.61. The lowest BCUT2D eigenvalue weighted by Crippen LogP contribution is -2.13. The lowest BCUT2D eigenvalue weighted by atomic mass is 10.4. The second-order valence-corrected chi connectivity index (χ2v) is 6.54. The minimum absolute atomic E-state index is 0.136. The van der Waals surface area contributed by atoms with Crippen LogP contribution in [0, 0.1) is 6.92 Å². The van der Waals surface area contributed by atoms with E-state index in [0.29, 0.717) is 6.61 Å². The molecule has 0 aliphatic heterocycles. The van der Waals surface area contributed by atoms with Gasteiger partial charge in [0.15, 0.2) is 5.82 Å². The van der Waals surface area contributed by atoms with Crippen molar-refractivity contribution in [1.29, 1.82) is 0 Å². The van der Waals surface area contributed by atoms with Gasteiger partial charge in [0.25, 0.3) is 10.0 Å². The Balaban J connectivity index is 2.23. The van der Waals surface area contributed by atoms with Crippen molar-refractivity contribution >= 4 is 27.2 Å². The van der Waals surface area contributed by atoms with Crippen LogP contribution in [0.3, 0.4) is 0 Å². The zero-order chi connectivity index (χ0) is 13.9. The lowest BCUT2D eigenvalue weighted by Gasteiger charge is -2.06. The van der Waals surface area contributed by atoms with Crippen LogP contribution in [-0.4, -0.2) is 25.0 Å². The molecule has 0 aromatic carbocycles. The summed E-state index contributed by atoms with van der Waals surface area (Å²) >= 11 is 1.16. The van der Waals surface area contributed by atoms with Crippen molar-refractivity contribution in [3.05, 3.63) is 29.4 Å². The highest BCUT2D eigenvalue weighted by molar-refractivity contribution is 7.94. The van der Waals surface area contributed by atoms with Crippen LogP contribution >= 0.6 is 11.3 Å². The van der Waals surface area contributed by atoms with E-state index in [1.807, 2.05) is 13.8 Å². The fourth-order valence-electron chi connectivity index (χ4n) is 1.35. The van der Waals surface area contributed by atoms with Gasteiger partial charge in [-0.05, 0) is 30.9 Å². The summed E-state index contributed by atoms with van der Waals surface area (Å²) in [5.41, 5.74) is 0.902. The molecule has 0 radical (unpaired) electrons. The Hall–Kier alpha value is -1.67. The van der Waals surface area contributed by atoms with E-state index >= 15 is 0 Å². The van der Waals surface area contributed by atoms with Crippen molar-refractivity contribution in [2.75, 3.05) is 11.3 Å². The molecule has 6 nitrogen and oxygen atoms in total. The summed E-state index contributed by atoms with van der Waals surface area (Å²) in [5, 5.41) is 1.77. The van der Waals surface area contributed by atoms with Crippen LogP contribution in [0.25, 0.3) is 0 Å². The maximum absolute atomic E-state index is 12.1. The zero-order valence-corrected chi connectivity index (χ0v) is 12.1. The van der Waals surface area contributed by atoms with Crippen molar-refractivity contribution in [1.82, 2.24) is 9.97 Å². The molecule has 2 aromatic rings. The summed E-state index contributed by atoms with van der Waals surface area (Å²) < 4.78 is 31.9. The number of rotatable bonds is 5. The van der Waals surface area contributed by atoms with E-state index in [0.717, 1.165) is 16.9 Å². The number of nitrogens with zero attached hydrogens (tertiary/aromatic N) is 2. The van der Waals surface area contributed by atoms with E-state index in [4.69, 9.17) is 4.74 Å². The Kier molecular flexibility index (Phi) is 4.01. The quantitative estimate of drug-likeness (QED) is 0.913. The molecule has 2 heterocycles. The third-order valence-electron chi connectivity index (χ3n) is 2.11. The molecule has 19 heavy (non-hydrogen) atoms. The number of aryl methyl sites for hydroxylation is 1. The average molecular weight is 299 g/mol. The number of thiophene rings is 1. The molecule has 0 fully saturated rings. The van der Waals surface area contributed by atoms with Gasteiger partial charge in [0, 0.05) is 0 Å². The summed E-state index contributed by atoms with van der Waals surface area (Å²) in [5.74, 6) is 0.419. The zero-order valence-electron chi connectivity index (χ0n) is 10.5. The second kappa shape index (κ2) is 5.54. The van der Waals surface area contributed by atoms with E-state index in [2.05, 4.69) is 14.7 Å². The molecule has 0 saturated carbocycles. The molecular formula is C11H13N3O3S2. The van der Waals surface area contributed by atoms with Gasteiger partial charge in [0.1, 0.15) is 4.21 Å². The summed E-state index contributed by atoms with van der Waals surface area (Å²) in [6, 6.07) is 1.60. The van der Waals surface area contributed by atoms with Gasteiger partial charge in [-0.25, -0.2) is 8.42 Å². The Bertz CT molecular complexity index is 667. The van der Waals surface area contributed by atoms with E-state index in [9.17, 15) is 8.42 Å². The van der Waals surface area contributed by atoms with Gasteiger partial charge in [-0.3, -0.25) is 9.71 Å². The monoisotopic (exact) mass is 299 g/mol. The van der Waals surface area contributed by atoms with Crippen LogP contribution in [0.4, 0.5) is 5.82 Å². The van der Waals surface area contributed by atoms with Gasteiger partial charge in [-0.1, -0.05) is 0 Å². The molecule has 0 unspecified atom stereocenters. The Morgan fingerprint density at radius 2 is 2.21 bits per heavy atom. The molecule has 2 rings (SSSR count). The molecule has 0 amide bonds. The first-order valence-electron chi connectivity index (χ1n) is 5.54. The number of anilines is 1. The predicted octanol–water partition coefficient (Wildman–Crippen LogP) is 2.05. The van der Waals surface area contributed by atoms with Gasteiger partial charge in [0.05, 0.1) is 19.0 Å². The molecule has 0 aliphatic rings. The molecule has 2 aromatic heterocycles. The fraction of sp³-hybridized carbons (Fsp3) is 0.273. The molecule has 8 heteroatoms. The van der Waals surface area contributed by atoms with Crippen molar-refractivity contribution < 1.29 is 13.2 Å². The second-order valence-electron chi connectivity index (χ2n) is 3.72. The van der Waals surface area contributed by atoms with Crippen molar-refractivity contribution in [3.8, 4) is 5.88 Å². The normalized spacial score (nSPS) is 11.3. The number of hydrogen-bond donors (Lipinski definition) is 1. The number of ether oxygens (including phenoxy) is 1. The maximum atomic E-state index is 12.1. The largest absolute Gasteiger partial charge is 0.477 e. The first kappa shape index (κ1) is 13.8. The Morgan fingerprint density at radius 3 is 2.84 bits per heavy atom. The molecule has 0 atom stereocenters. The lowest BCUT2D eigenvalue weighted by molar-refractivity contribution is 0.326. The highest BCUT2D eigenvalue weighted by Gasteiger charge is 2.17. The van der Waals surface area contributed by atoms with Gasteiger partial charge >= 0.3 is 0 Å². The van der Waals surface area contributed by atoms with Crippen LogP contribution < -0.4 is 9.46 Å². The fourth-order valence-corrected chi connectivity index (χ4v) is 3.56. The van der Waals surface area contributed by atoms with Crippen LogP contribution in [0.15, 0.2) is 28.0 Å². The van der Waals surface area contributed by atoms with Crippen LogP contribution in [0.5, 0.6) is 5.88 Å². The van der Waals surface area contributed by atoms with Crippen LogP contribution in [0.1, 0.15) is 12.5 Å². The first-order valence-corrected chi connectivity index (χ1v) is 7.90. The number of nitrogens with one attached hydrogen (secondary N) is 1. The number of aromatic nitrogens is 2. The highest BCUT2D eigenvalue weighted by atomic mass is 32.2. The highest BCUT2D eigenvalue weighted by Crippen LogP contribution is 2.22. The molecule has 0 spiro atoms. The molecule has 0 bridgehead atoms. The molecule has 0 saturated heterocycles. The summed E-state index contributed by atoms with van der Waals surface area (Å²) in [7, 11) is -3.61. The molecule has 1 N–H and O–H groups in total. The van der Waals surface area contributed by atoms with Crippen molar-refractivity contribution in [2.24, 2.45) is 0 Å². The van der Waals surface area contributed by atoms with Crippen LogP contribution in [0.2, 0.25) is 0 Å². The van der Waals surface area contributed by atoms with Gasteiger partial charge in [-0.15, -0.1) is 11.3 Å². The number of hydrogen-bond acceptors (Lipinski definition) is 6. The Labute approximate surface area is 115 Å². The van der Waals surface area contributed by atoms with Crippen LogP contribution in [-0.2, 0) is 10.0 Å². The predicted molar refractivity (Wildman–Crippen MR) is 73.1 cm³/mol. The third-order valence-corrected chi connectivity index (χ3v) is 5.03. The smallest absolute Gasteiger partial charge is 0.272 e. The van der Waals surface area contributed by atoms with Crippen molar-refractivity contribution in [3.63, 3.8) is 0 Å². The first-order chi connectivity index (χ1) is 9.01. The number of sulfonamides is 1. The molecule has 0 aliphatic carbocycles. The summed E-state index contributed by atoms with van der Waals surface area (Å²) in [6.45, 7) is 4.09. The average Bonchev–Trinajstić information content (AvgIpc) is 2.77. The van der Waals surface area contributed by atoms with Gasteiger partial charge in [-0.2, -0.15) is 4.98 Å². The summed E-state index contributed by atoms with van der Waals surface area (Å²) in [4.78, 5) is 7.88. The molecular weight excluding hydrogens is 286 g/mol.